The summed E-state index contributed by atoms with van der Waals surface area (Å²) in [6.45, 7) is 5.91. The number of hydrogen-bond donors (Lipinski definition) is 2. The van der Waals surface area contributed by atoms with Gasteiger partial charge in [-0.15, -0.1) is 10.2 Å². The second kappa shape index (κ2) is 5.41. The van der Waals surface area contributed by atoms with Crippen molar-refractivity contribution < 1.29 is 8.42 Å². The molecule has 0 saturated heterocycles. The zero-order chi connectivity index (χ0) is 15.8. The van der Waals surface area contributed by atoms with Gasteiger partial charge in [0.1, 0.15) is 0 Å². The molecule has 9 heteroatoms. The highest BCUT2D eigenvalue weighted by molar-refractivity contribution is 7.89. The zero-order valence-corrected chi connectivity index (χ0v) is 12.8. The lowest BCUT2D eigenvalue weighted by Gasteiger charge is -2.11. The van der Waals surface area contributed by atoms with Crippen molar-refractivity contribution in [2.24, 2.45) is 11.1 Å². The molecule has 2 rings (SSSR count). The van der Waals surface area contributed by atoms with E-state index in [0.717, 1.165) is 0 Å². The zero-order valence-electron chi connectivity index (χ0n) is 12.0. The van der Waals surface area contributed by atoms with E-state index in [2.05, 4.69) is 15.2 Å². The van der Waals surface area contributed by atoms with Gasteiger partial charge in [-0.05, 0) is 12.8 Å². The van der Waals surface area contributed by atoms with Gasteiger partial charge in [0.05, 0.1) is 5.56 Å². The SMILES string of the molecule is Cc1cc(=O)c(-c2nnc(S(N)(=O)=O)n2CC(C)C)c[nH]1. The molecule has 21 heavy (non-hydrogen) atoms. The van der Waals surface area contributed by atoms with Gasteiger partial charge in [0.25, 0.3) is 15.2 Å². The number of rotatable bonds is 4. The molecule has 2 heterocycles. The summed E-state index contributed by atoms with van der Waals surface area (Å²) in [6.07, 6.45) is 1.49. The first kappa shape index (κ1) is 15.4. The molecule has 114 valence electrons. The number of nitrogens with zero attached hydrogens (tertiary/aromatic N) is 3. The van der Waals surface area contributed by atoms with E-state index in [9.17, 15) is 13.2 Å². The smallest absolute Gasteiger partial charge is 0.273 e. The predicted octanol–water partition coefficient (Wildman–Crippen LogP) is 0.245. The van der Waals surface area contributed by atoms with Crippen molar-refractivity contribution in [1.82, 2.24) is 19.7 Å². The van der Waals surface area contributed by atoms with Gasteiger partial charge in [-0.3, -0.25) is 9.36 Å². The molecule has 0 aromatic carbocycles. The number of aromatic amines is 1. The fourth-order valence-electron chi connectivity index (χ4n) is 1.98. The summed E-state index contributed by atoms with van der Waals surface area (Å²) in [5.74, 6) is 0.318. The Bertz CT molecular complexity index is 820. The topological polar surface area (TPSA) is 124 Å². The summed E-state index contributed by atoms with van der Waals surface area (Å²) in [6, 6.07) is 1.42. The van der Waals surface area contributed by atoms with E-state index in [1.54, 1.807) is 6.92 Å². The van der Waals surface area contributed by atoms with Crippen molar-refractivity contribution in [3.05, 3.63) is 28.2 Å². The lowest BCUT2D eigenvalue weighted by molar-refractivity contribution is 0.486. The minimum absolute atomic E-state index is 0.129. The number of hydrogen-bond acceptors (Lipinski definition) is 5. The summed E-state index contributed by atoms with van der Waals surface area (Å²) in [4.78, 5) is 15.0. The van der Waals surface area contributed by atoms with Gasteiger partial charge < -0.3 is 4.98 Å². The fourth-order valence-corrected chi connectivity index (χ4v) is 2.60. The maximum atomic E-state index is 12.1. The number of sulfonamides is 1. The van der Waals surface area contributed by atoms with Crippen LogP contribution >= 0.6 is 0 Å². The third kappa shape index (κ3) is 3.19. The molecule has 0 atom stereocenters. The molecule has 8 nitrogen and oxygen atoms in total. The number of nitrogens with two attached hydrogens (primary N) is 1. The normalized spacial score (nSPS) is 12.0. The molecule has 2 aromatic rings. The standard InChI is InChI=1S/C12H17N5O3S/c1-7(2)6-17-11(15-16-12(17)21(13,19)20)9-5-14-8(3)4-10(9)18/h4-5,7H,6H2,1-3H3,(H,14,18)(H2,13,19,20). The van der Waals surface area contributed by atoms with Crippen molar-refractivity contribution in [2.75, 3.05) is 0 Å². The fraction of sp³-hybridized carbons (Fsp3) is 0.417. The van der Waals surface area contributed by atoms with Gasteiger partial charge in [0, 0.05) is 24.5 Å². The second-order valence-corrected chi connectivity index (χ2v) is 6.70. The van der Waals surface area contributed by atoms with Gasteiger partial charge in [0.2, 0.25) is 0 Å². The third-order valence-electron chi connectivity index (χ3n) is 2.82. The average Bonchev–Trinajstić information content (AvgIpc) is 2.71. The molecule has 0 bridgehead atoms. The van der Waals surface area contributed by atoms with Crippen molar-refractivity contribution >= 4 is 10.0 Å². The van der Waals surface area contributed by atoms with Crippen LogP contribution in [0.3, 0.4) is 0 Å². The van der Waals surface area contributed by atoms with Gasteiger partial charge in [-0.1, -0.05) is 13.8 Å². The van der Waals surface area contributed by atoms with Crippen LogP contribution in [-0.2, 0) is 16.6 Å². The number of pyridine rings is 1. The number of H-pyrrole nitrogens is 1. The van der Waals surface area contributed by atoms with Crippen LogP contribution in [0, 0.1) is 12.8 Å². The van der Waals surface area contributed by atoms with Crippen LogP contribution in [0.1, 0.15) is 19.5 Å². The van der Waals surface area contributed by atoms with Crippen LogP contribution in [-0.4, -0.2) is 28.2 Å². The van der Waals surface area contributed by atoms with E-state index in [1.165, 1.54) is 16.8 Å². The van der Waals surface area contributed by atoms with Crippen molar-refractivity contribution in [3.8, 4) is 11.4 Å². The number of aromatic nitrogens is 4. The van der Waals surface area contributed by atoms with Gasteiger partial charge in [-0.25, -0.2) is 13.6 Å². The number of primary sulfonamides is 1. The van der Waals surface area contributed by atoms with E-state index in [1.807, 2.05) is 13.8 Å². The monoisotopic (exact) mass is 311 g/mol. The van der Waals surface area contributed by atoms with Crippen molar-refractivity contribution in [1.29, 1.82) is 0 Å². The molecule has 0 amide bonds. The number of aryl methyl sites for hydroxylation is 1. The molecule has 0 aliphatic heterocycles. The minimum Gasteiger partial charge on any atom is -0.364 e. The predicted molar refractivity (Wildman–Crippen MR) is 77.0 cm³/mol. The lowest BCUT2D eigenvalue weighted by Crippen LogP contribution is -2.21. The molecule has 2 aromatic heterocycles. The summed E-state index contributed by atoms with van der Waals surface area (Å²) in [7, 11) is -4.01. The van der Waals surface area contributed by atoms with E-state index in [-0.39, 0.29) is 27.9 Å². The van der Waals surface area contributed by atoms with Crippen LogP contribution in [0.25, 0.3) is 11.4 Å². The van der Waals surface area contributed by atoms with Crippen LogP contribution in [0.5, 0.6) is 0 Å². The molecule has 3 N–H and O–H groups in total. The Kier molecular flexibility index (Phi) is 3.97. The van der Waals surface area contributed by atoms with E-state index < -0.39 is 10.0 Å². The summed E-state index contributed by atoms with van der Waals surface area (Å²) >= 11 is 0. The highest BCUT2D eigenvalue weighted by Gasteiger charge is 2.23. The first-order valence-corrected chi connectivity index (χ1v) is 7.90. The maximum absolute atomic E-state index is 12.1. The molecular weight excluding hydrogens is 294 g/mol. The van der Waals surface area contributed by atoms with Gasteiger partial charge in [0.15, 0.2) is 11.3 Å². The van der Waals surface area contributed by atoms with E-state index in [4.69, 9.17) is 5.14 Å². The Labute approximate surface area is 122 Å². The average molecular weight is 311 g/mol. The Morgan fingerprint density at radius 2 is 2.05 bits per heavy atom. The van der Waals surface area contributed by atoms with E-state index >= 15 is 0 Å². The minimum atomic E-state index is -4.01. The van der Waals surface area contributed by atoms with Crippen molar-refractivity contribution in [2.45, 2.75) is 32.5 Å². The maximum Gasteiger partial charge on any atom is 0.273 e. The van der Waals surface area contributed by atoms with Gasteiger partial charge in [-0.2, -0.15) is 0 Å². The highest BCUT2D eigenvalue weighted by atomic mass is 32.2. The molecule has 0 aliphatic carbocycles. The van der Waals surface area contributed by atoms with Crippen molar-refractivity contribution in [3.63, 3.8) is 0 Å². The quantitative estimate of drug-likeness (QED) is 0.837. The van der Waals surface area contributed by atoms with Crippen LogP contribution in [0.4, 0.5) is 0 Å². The highest BCUT2D eigenvalue weighted by Crippen LogP contribution is 2.18. The van der Waals surface area contributed by atoms with Crippen LogP contribution < -0.4 is 10.6 Å². The second-order valence-electron chi connectivity index (χ2n) is 5.25. The number of nitrogens with one attached hydrogen (secondary N) is 1. The summed E-state index contributed by atoms with van der Waals surface area (Å²) < 4.78 is 24.5. The molecule has 0 radical (unpaired) electrons. The molecule has 0 saturated carbocycles. The lowest BCUT2D eigenvalue weighted by atomic mass is 10.2. The summed E-state index contributed by atoms with van der Waals surface area (Å²) in [5.41, 5.74) is 0.693. The molecular formula is C12H17N5O3S. The Balaban J connectivity index is 2.69. The summed E-state index contributed by atoms with van der Waals surface area (Å²) in [5, 5.41) is 12.3. The Morgan fingerprint density at radius 1 is 1.38 bits per heavy atom. The van der Waals surface area contributed by atoms with Gasteiger partial charge >= 0.3 is 0 Å². The Morgan fingerprint density at radius 3 is 2.57 bits per heavy atom. The third-order valence-corrected chi connectivity index (χ3v) is 3.63. The molecule has 0 fully saturated rings. The molecule has 0 unspecified atom stereocenters. The van der Waals surface area contributed by atoms with Crippen LogP contribution in [0.15, 0.2) is 22.2 Å². The molecule has 0 spiro atoms. The first-order valence-electron chi connectivity index (χ1n) is 6.36. The molecule has 0 aliphatic rings. The van der Waals surface area contributed by atoms with E-state index in [0.29, 0.717) is 12.2 Å². The largest absolute Gasteiger partial charge is 0.364 e. The first-order chi connectivity index (χ1) is 9.70. The van der Waals surface area contributed by atoms with Crippen LogP contribution in [0.2, 0.25) is 0 Å². The Hall–Kier alpha value is -2.00.